The highest BCUT2D eigenvalue weighted by Crippen LogP contribution is 2.52. The Bertz CT molecular complexity index is 2870. The minimum atomic E-state index is -0.479. The highest BCUT2D eigenvalue weighted by molar-refractivity contribution is 6.27. The molecular formula is C42H28N2O. The smallest absolute Gasteiger partial charge is 0.138 e. The monoisotopic (exact) mass is 586 g/mol. The van der Waals surface area contributed by atoms with Crippen LogP contribution in [0.2, 0.25) is 0 Å². The molecule has 0 aromatic heterocycles. The molecule has 1 aliphatic heterocycles. The standard InChI is InChI=1S/C42H28N2O/c1-5-13-31(14-6-1)43(32-15-7-2-8-16-32)35-27-30-22-21-29-23-24-36-37(25-26-38-42(36)41(29)40(30)39(28-35)45-38)44(33-17-9-3-10-18-33)34-19-11-4-12-20-34/h1-28H/i1D,3D,5D,6D,9D,10D,13D,14D,17D,18D. The van der Waals surface area contributed by atoms with E-state index < -0.39 is 36.3 Å². The molecule has 0 amide bonds. The maximum Gasteiger partial charge on any atom is 0.138 e. The molecule has 1 heterocycles. The van der Waals surface area contributed by atoms with Crippen LogP contribution in [0, 0.1) is 0 Å². The summed E-state index contributed by atoms with van der Waals surface area (Å²) in [6.45, 7) is 0. The number of para-hydroxylation sites is 4. The topological polar surface area (TPSA) is 15.7 Å². The molecule has 0 bridgehead atoms. The summed E-state index contributed by atoms with van der Waals surface area (Å²) in [4.78, 5) is 3.35. The molecule has 212 valence electrons. The molecule has 3 nitrogen and oxygen atoms in total. The lowest BCUT2D eigenvalue weighted by Gasteiger charge is -2.30. The maximum absolute atomic E-state index is 8.91. The van der Waals surface area contributed by atoms with Crippen LogP contribution < -0.4 is 14.5 Å². The first-order chi connectivity index (χ1) is 26.5. The van der Waals surface area contributed by atoms with Gasteiger partial charge in [0.1, 0.15) is 11.5 Å². The van der Waals surface area contributed by atoms with E-state index in [4.69, 9.17) is 18.4 Å². The summed E-state index contributed by atoms with van der Waals surface area (Å²) in [5, 5.41) is 4.91. The second-order valence-corrected chi connectivity index (χ2v) is 10.7. The van der Waals surface area contributed by atoms with Crippen LogP contribution in [0.5, 0.6) is 11.5 Å². The summed E-state index contributed by atoms with van der Waals surface area (Å²) in [6.07, 6.45) is 0. The predicted octanol–water partition coefficient (Wildman–Crippen LogP) is 12.2. The van der Waals surface area contributed by atoms with Crippen molar-refractivity contribution in [2.24, 2.45) is 0 Å². The van der Waals surface area contributed by atoms with Gasteiger partial charge in [0, 0.05) is 50.4 Å². The van der Waals surface area contributed by atoms with E-state index in [2.05, 4.69) is 0 Å². The summed E-state index contributed by atoms with van der Waals surface area (Å²) in [5.74, 6) is 1.04. The molecule has 0 saturated carbocycles. The van der Waals surface area contributed by atoms with Gasteiger partial charge in [-0.25, -0.2) is 0 Å². The van der Waals surface area contributed by atoms with Crippen LogP contribution in [0.15, 0.2) is 170 Å². The van der Waals surface area contributed by atoms with Gasteiger partial charge in [-0.1, -0.05) is 96.9 Å². The number of rotatable bonds is 6. The third-order valence-corrected chi connectivity index (χ3v) is 8.13. The van der Waals surface area contributed by atoms with Crippen molar-refractivity contribution in [3.05, 3.63) is 170 Å². The van der Waals surface area contributed by atoms with Gasteiger partial charge in [0.25, 0.3) is 0 Å². The lowest BCUT2D eigenvalue weighted by molar-refractivity contribution is 0.493. The van der Waals surface area contributed by atoms with E-state index in [1.54, 1.807) is 15.9 Å². The van der Waals surface area contributed by atoms with Gasteiger partial charge in [-0.3, -0.25) is 0 Å². The maximum atomic E-state index is 8.91. The van der Waals surface area contributed by atoms with Crippen molar-refractivity contribution in [1.29, 1.82) is 0 Å². The molecule has 0 spiro atoms. The number of ether oxygens (including phenoxy) is 1. The summed E-state index contributed by atoms with van der Waals surface area (Å²) < 4.78 is 92.5. The average molecular weight is 587 g/mol. The Balaban J connectivity index is 1.32. The second-order valence-electron chi connectivity index (χ2n) is 10.7. The van der Waals surface area contributed by atoms with Crippen LogP contribution in [0.25, 0.3) is 32.3 Å². The van der Waals surface area contributed by atoms with Crippen molar-refractivity contribution >= 4 is 66.4 Å². The molecule has 0 saturated heterocycles. The molecule has 0 N–H and O–H groups in total. The molecule has 0 atom stereocenters. The summed E-state index contributed by atoms with van der Waals surface area (Å²) in [7, 11) is 0. The minimum absolute atomic E-state index is 0.00133. The Labute approximate surface area is 275 Å². The number of anilines is 6. The fraction of sp³-hybridized carbons (Fsp3) is 0. The van der Waals surface area contributed by atoms with Crippen LogP contribution in [-0.2, 0) is 0 Å². The molecule has 8 aromatic carbocycles. The fourth-order valence-corrected chi connectivity index (χ4v) is 6.29. The van der Waals surface area contributed by atoms with Gasteiger partial charge in [-0.15, -0.1) is 0 Å². The van der Waals surface area contributed by atoms with Crippen LogP contribution in [0.3, 0.4) is 0 Å². The van der Waals surface area contributed by atoms with E-state index in [0.29, 0.717) is 34.2 Å². The molecule has 8 aromatic rings. The van der Waals surface area contributed by atoms with Crippen molar-refractivity contribution in [2.75, 3.05) is 9.80 Å². The van der Waals surface area contributed by atoms with E-state index in [1.807, 2.05) is 103 Å². The normalized spacial score (nSPS) is 14.8. The molecular weight excluding hydrogens is 548 g/mol. The Morgan fingerprint density at radius 1 is 0.422 bits per heavy atom. The second kappa shape index (κ2) is 10.3. The summed E-state index contributed by atoms with van der Waals surface area (Å²) in [6, 6.07) is 29.4. The van der Waals surface area contributed by atoms with Gasteiger partial charge in [0.2, 0.25) is 0 Å². The number of hydrogen-bond acceptors (Lipinski definition) is 3. The van der Waals surface area contributed by atoms with Gasteiger partial charge < -0.3 is 14.5 Å². The summed E-state index contributed by atoms with van der Waals surface area (Å²) >= 11 is 0. The first kappa shape index (κ1) is 17.3. The van der Waals surface area contributed by atoms with Crippen molar-refractivity contribution in [1.82, 2.24) is 0 Å². The van der Waals surface area contributed by atoms with Crippen molar-refractivity contribution < 1.29 is 18.4 Å². The first-order valence-electron chi connectivity index (χ1n) is 19.5. The van der Waals surface area contributed by atoms with E-state index in [-0.39, 0.29) is 35.5 Å². The van der Waals surface area contributed by atoms with Crippen molar-refractivity contribution in [3.63, 3.8) is 0 Å². The largest absolute Gasteiger partial charge is 0.456 e. The lowest BCUT2D eigenvalue weighted by Crippen LogP contribution is -2.11. The Morgan fingerprint density at radius 3 is 1.71 bits per heavy atom. The highest BCUT2D eigenvalue weighted by Gasteiger charge is 2.25. The van der Waals surface area contributed by atoms with Crippen LogP contribution in [0.4, 0.5) is 34.1 Å². The number of benzene rings is 8. The zero-order chi connectivity index (χ0) is 38.4. The highest BCUT2D eigenvalue weighted by atomic mass is 16.5. The molecule has 9 rings (SSSR count). The lowest BCUT2D eigenvalue weighted by atomic mass is 9.92. The third kappa shape index (κ3) is 4.13. The third-order valence-electron chi connectivity index (χ3n) is 8.13. The van der Waals surface area contributed by atoms with Gasteiger partial charge in [-0.2, -0.15) is 0 Å². The number of hydrogen-bond donors (Lipinski definition) is 0. The van der Waals surface area contributed by atoms with Gasteiger partial charge >= 0.3 is 0 Å². The van der Waals surface area contributed by atoms with Crippen LogP contribution in [0.1, 0.15) is 13.7 Å². The predicted molar refractivity (Wildman–Crippen MR) is 188 cm³/mol. The Morgan fingerprint density at radius 2 is 1.02 bits per heavy atom. The average Bonchev–Trinajstić information content (AvgIpc) is 3.21. The summed E-state index contributed by atoms with van der Waals surface area (Å²) in [5.41, 5.74) is 2.32. The van der Waals surface area contributed by atoms with E-state index >= 15 is 0 Å². The molecule has 0 fully saturated rings. The van der Waals surface area contributed by atoms with Gasteiger partial charge in [0.15, 0.2) is 0 Å². The molecule has 0 unspecified atom stereocenters. The Kier molecular flexibility index (Phi) is 3.95. The van der Waals surface area contributed by atoms with E-state index in [9.17, 15) is 0 Å². The SMILES string of the molecule is [2H]c1c([2H])c([2H])c(N(c2ccccc2)c2cc3c4c(ccc5ccc6c(N(c7ccccc7)c7c([2H])c([2H])c([2H])c([2H])c7[2H])ccc(c6c54)O3)c2)c([2H])c1[2H]. The van der Waals surface area contributed by atoms with Gasteiger partial charge in [-0.05, 0) is 77.4 Å². The van der Waals surface area contributed by atoms with E-state index in [1.165, 1.54) is 0 Å². The minimum Gasteiger partial charge on any atom is -0.456 e. The zero-order valence-corrected chi connectivity index (χ0v) is 23.7. The van der Waals surface area contributed by atoms with Crippen molar-refractivity contribution in [3.8, 4) is 11.5 Å². The van der Waals surface area contributed by atoms with Crippen LogP contribution in [-0.4, -0.2) is 0 Å². The van der Waals surface area contributed by atoms with Crippen LogP contribution >= 0.6 is 0 Å². The molecule has 1 aliphatic rings. The van der Waals surface area contributed by atoms with Crippen molar-refractivity contribution in [2.45, 2.75) is 0 Å². The molecule has 0 aliphatic carbocycles. The molecule has 3 heteroatoms. The molecule has 45 heavy (non-hydrogen) atoms. The number of nitrogens with zero attached hydrogens (tertiary/aromatic N) is 2. The molecule has 0 radical (unpaired) electrons. The fourth-order valence-electron chi connectivity index (χ4n) is 6.29. The van der Waals surface area contributed by atoms with Gasteiger partial charge in [0.05, 0.1) is 25.1 Å². The quantitative estimate of drug-likeness (QED) is 0.180. The van der Waals surface area contributed by atoms with E-state index in [0.717, 1.165) is 32.3 Å². The zero-order valence-electron chi connectivity index (χ0n) is 33.7. The first-order valence-corrected chi connectivity index (χ1v) is 14.5. The Hall–Kier alpha value is -6.06.